The highest BCUT2D eigenvalue weighted by molar-refractivity contribution is 7.12. The van der Waals surface area contributed by atoms with Crippen LogP contribution in [0.5, 0.6) is 5.75 Å². The van der Waals surface area contributed by atoms with Gasteiger partial charge in [0.15, 0.2) is 0 Å². The molecular weight excluding hydrogens is 414 g/mol. The number of hydrogen-bond acceptors (Lipinski definition) is 5. The minimum atomic E-state index is -0.656. The van der Waals surface area contributed by atoms with Crippen LogP contribution in [0.3, 0.4) is 0 Å². The molecule has 166 valence electrons. The monoisotopic (exact) mass is 443 g/mol. The third kappa shape index (κ3) is 5.85. The molecule has 3 amide bonds. The van der Waals surface area contributed by atoms with Crippen molar-refractivity contribution in [2.24, 2.45) is 5.92 Å². The number of nitrogens with zero attached hydrogens (tertiary/aromatic N) is 1. The number of nitrogens with one attached hydrogen (secondary N) is 2. The summed E-state index contributed by atoms with van der Waals surface area (Å²) >= 11 is 1.43. The second-order valence-electron chi connectivity index (χ2n) is 7.95. The van der Waals surface area contributed by atoms with Crippen LogP contribution in [0.25, 0.3) is 0 Å². The van der Waals surface area contributed by atoms with Crippen molar-refractivity contribution in [3.63, 3.8) is 0 Å². The molecule has 1 fully saturated rings. The Labute approximate surface area is 186 Å². The molecule has 0 radical (unpaired) electrons. The van der Waals surface area contributed by atoms with Crippen LogP contribution in [0, 0.1) is 5.92 Å². The molecule has 3 rings (SSSR count). The minimum absolute atomic E-state index is 0.0268. The van der Waals surface area contributed by atoms with Gasteiger partial charge in [-0.3, -0.25) is 14.4 Å². The van der Waals surface area contributed by atoms with E-state index >= 15 is 0 Å². The van der Waals surface area contributed by atoms with Crippen molar-refractivity contribution in [2.75, 3.05) is 20.2 Å². The Kier molecular flexibility index (Phi) is 7.68. The average molecular weight is 444 g/mol. The third-order valence-electron chi connectivity index (χ3n) is 5.38. The maximum Gasteiger partial charge on any atom is 0.263 e. The second-order valence-corrected chi connectivity index (χ2v) is 8.90. The highest BCUT2D eigenvalue weighted by Gasteiger charge is 2.34. The van der Waals surface area contributed by atoms with Gasteiger partial charge in [0.25, 0.3) is 11.8 Å². The summed E-state index contributed by atoms with van der Waals surface area (Å²) < 4.78 is 5.14. The van der Waals surface area contributed by atoms with Gasteiger partial charge in [-0.05, 0) is 68.3 Å². The number of hydrogen-bond donors (Lipinski definition) is 2. The summed E-state index contributed by atoms with van der Waals surface area (Å²) in [4.78, 5) is 40.9. The first kappa shape index (κ1) is 22.8. The summed E-state index contributed by atoms with van der Waals surface area (Å²) in [7, 11) is 1.57. The van der Waals surface area contributed by atoms with E-state index in [2.05, 4.69) is 10.6 Å². The van der Waals surface area contributed by atoms with Crippen LogP contribution >= 0.6 is 11.3 Å². The molecular formula is C23H29N3O4S. The maximum atomic E-state index is 12.9. The molecule has 31 heavy (non-hydrogen) atoms. The number of likely N-dealkylation sites (tertiary alicyclic amines) is 1. The lowest BCUT2D eigenvalue weighted by atomic mass is 9.88. The van der Waals surface area contributed by atoms with Crippen LogP contribution in [0.1, 0.15) is 46.7 Å². The molecule has 1 atom stereocenters. The van der Waals surface area contributed by atoms with Crippen molar-refractivity contribution in [3.05, 3.63) is 52.2 Å². The lowest BCUT2D eigenvalue weighted by Crippen LogP contribution is -2.54. The number of methoxy groups -OCH3 is 1. The molecule has 1 aromatic heterocycles. The molecule has 1 saturated heterocycles. The Bertz CT molecular complexity index is 888. The Balaban J connectivity index is 1.68. The summed E-state index contributed by atoms with van der Waals surface area (Å²) in [6, 6.07) is 9.78. The van der Waals surface area contributed by atoms with E-state index in [0.717, 1.165) is 4.88 Å². The number of thiophene rings is 1. The lowest BCUT2D eigenvalue weighted by Gasteiger charge is -2.36. The van der Waals surface area contributed by atoms with Crippen LogP contribution in [0.4, 0.5) is 0 Å². The molecule has 0 unspecified atom stereocenters. The molecule has 2 aromatic rings. The van der Waals surface area contributed by atoms with E-state index in [1.807, 2.05) is 36.3 Å². The quantitative estimate of drug-likeness (QED) is 0.689. The second kappa shape index (κ2) is 10.4. The molecule has 0 bridgehead atoms. The molecule has 2 heterocycles. The van der Waals surface area contributed by atoms with E-state index in [-0.39, 0.29) is 29.7 Å². The van der Waals surface area contributed by atoms with Gasteiger partial charge in [0, 0.05) is 24.7 Å². The number of carbonyl (C=O) groups is 3. The van der Waals surface area contributed by atoms with Crippen LogP contribution < -0.4 is 15.4 Å². The topological polar surface area (TPSA) is 87.7 Å². The van der Waals surface area contributed by atoms with Gasteiger partial charge < -0.3 is 20.3 Å². The molecule has 0 saturated carbocycles. The largest absolute Gasteiger partial charge is 0.497 e. The minimum Gasteiger partial charge on any atom is -0.497 e. The smallest absolute Gasteiger partial charge is 0.263 e. The summed E-state index contributed by atoms with van der Waals surface area (Å²) in [5.41, 5.74) is 0.466. The number of carbonyl (C=O) groups excluding carboxylic acids is 3. The van der Waals surface area contributed by atoms with Crippen molar-refractivity contribution >= 4 is 29.1 Å². The summed E-state index contributed by atoms with van der Waals surface area (Å²) in [6.45, 7) is 4.90. The van der Waals surface area contributed by atoms with Crippen molar-refractivity contribution in [1.82, 2.24) is 15.5 Å². The van der Waals surface area contributed by atoms with E-state index < -0.39 is 6.04 Å². The summed E-state index contributed by atoms with van der Waals surface area (Å²) in [5.74, 6) is 0.143. The zero-order valence-corrected chi connectivity index (χ0v) is 18.9. The van der Waals surface area contributed by atoms with E-state index in [1.54, 1.807) is 31.4 Å². The number of rotatable bonds is 7. The SMILES string of the molecule is COc1ccc(C(=O)N[C@@H](C(=O)NC(C)C)C2CCN(C(=O)c3cccs3)CC2)cc1. The summed E-state index contributed by atoms with van der Waals surface area (Å²) in [6.07, 6.45) is 1.30. The predicted molar refractivity (Wildman–Crippen MR) is 120 cm³/mol. The summed E-state index contributed by atoms with van der Waals surface area (Å²) in [5, 5.41) is 7.73. The lowest BCUT2D eigenvalue weighted by molar-refractivity contribution is -0.125. The van der Waals surface area contributed by atoms with Crippen molar-refractivity contribution < 1.29 is 19.1 Å². The first-order valence-electron chi connectivity index (χ1n) is 10.5. The molecule has 0 spiro atoms. The number of piperidine rings is 1. The molecule has 8 heteroatoms. The Morgan fingerprint density at radius 2 is 1.74 bits per heavy atom. The third-order valence-corrected chi connectivity index (χ3v) is 6.24. The van der Waals surface area contributed by atoms with Crippen molar-refractivity contribution in [2.45, 2.75) is 38.8 Å². The highest BCUT2D eigenvalue weighted by Crippen LogP contribution is 2.24. The number of ether oxygens (including phenoxy) is 1. The molecule has 1 aliphatic rings. The Morgan fingerprint density at radius 3 is 2.29 bits per heavy atom. The number of benzene rings is 1. The van der Waals surface area contributed by atoms with E-state index in [9.17, 15) is 14.4 Å². The first-order valence-corrected chi connectivity index (χ1v) is 11.3. The van der Waals surface area contributed by atoms with Crippen LogP contribution in [0.15, 0.2) is 41.8 Å². The van der Waals surface area contributed by atoms with Gasteiger partial charge in [-0.1, -0.05) is 6.07 Å². The fraction of sp³-hybridized carbons (Fsp3) is 0.435. The van der Waals surface area contributed by atoms with Gasteiger partial charge in [-0.15, -0.1) is 11.3 Å². The van der Waals surface area contributed by atoms with Crippen LogP contribution in [0.2, 0.25) is 0 Å². The van der Waals surface area contributed by atoms with Crippen molar-refractivity contribution in [1.29, 1.82) is 0 Å². The van der Waals surface area contributed by atoms with Crippen LogP contribution in [-0.2, 0) is 4.79 Å². The molecule has 7 nitrogen and oxygen atoms in total. The Hall–Kier alpha value is -2.87. The normalized spacial score (nSPS) is 15.4. The molecule has 2 N–H and O–H groups in total. The van der Waals surface area contributed by atoms with Crippen molar-refractivity contribution in [3.8, 4) is 5.75 Å². The van der Waals surface area contributed by atoms with Gasteiger partial charge in [-0.25, -0.2) is 0 Å². The van der Waals surface area contributed by atoms with Gasteiger partial charge >= 0.3 is 0 Å². The van der Waals surface area contributed by atoms with Gasteiger partial charge in [0.1, 0.15) is 11.8 Å². The zero-order valence-electron chi connectivity index (χ0n) is 18.1. The van der Waals surface area contributed by atoms with E-state index in [4.69, 9.17) is 4.74 Å². The zero-order chi connectivity index (χ0) is 22.4. The average Bonchev–Trinajstić information content (AvgIpc) is 3.31. The fourth-order valence-electron chi connectivity index (χ4n) is 3.73. The van der Waals surface area contributed by atoms with Crippen LogP contribution in [-0.4, -0.2) is 54.9 Å². The number of amides is 3. The predicted octanol–water partition coefficient (Wildman–Crippen LogP) is 2.93. The van der Waals surface area contributed by atoms with Gasteiger partial charge in [-0.2, -0.15) is 0 Å². The standard InChI is InChI=1S/C23H29N3O4S/c1-15(2)24-22(28)20(25-21(27)17-6-8-18(30-3)9-7-17)16-10-12-26(13-11-16)23(29)19-5-4-14-31-19/h4-9,14-16,20H,10-13H2,1-3H3,(H,24,28)(H,25,27)/t20-/m1/s1. The van der Waals surface area contributed by atoms with Gasteiger partial charge in [0.05, 0.1) is 12.0 Å². The van der Waals surface area contributed by atoms with E-state index in [1.165, 1.54) is 11.3 Å². The molecule has 1 aromatic carbocycles. The van der Waals surface area contributed by atoms with Gasteiger partial charge in [0.2, 0.25) is 5.91 Å². The fourth-order valence-corrected chi connectivity index (χ4v) is 4.42. The Morgan fingerprint density at radius 1 is 1.06 bits per heavy atom. The molecule has 0 aliphatic carbocycles. The highest BCUT2D eigenvalue weighted by atomic mass is 32.1. The molecule has 1 aliphatic heterocycles. The van der Waals surface area contributed by atoms with E-state index in [0.29, 0.717) is 37.2 Å². The maximum absolute atomic E-state index is 12.9. The first-order chi connectivity index (χ1) is 14.9.